The lowest BCUT2D eigenvalue weighted by Gasteiger charge is -2.37. The molecule has 0 fully saturated rings. The van der Waals surface area contributed by atoms with Crippen molar-refractivity contribution in [3.63, 3.8) is 0 Å². The molecule has 0 radical (unpaired) electrons. The second-order valence-corrected chi connectivity index (χ2v) is 11.0. The van der Waals surface area contributed by atoms with E-state index in [0.29, 0.717) is 12.1 Å². The highest BCUT2D eigenvalue weighted by molar-refractivity contribution is 6.60. The van der Waals surface area contributed by atoms with Crippen molar-refractivity contribution in [1.29, 1.82) is 0 Å². The van der Waals surface area contributed by atoms with Gasteiger partial charge >= 0.3 is 14.8 Å². The largest absolute Gasteiger partial charge is 0.506 e. The summed E-state index contributed by atoms with van der Waals surface area (Å²) >= 11 is 0. The van der Waals surface area contributed by atoms with E-state index in [9.17, 15) is 4.79 Å². The highest BCUT2D eigenvalue weighted by Gasteiger charge is 2.47. The van der Waals surface area contributed by atoms with Crippen LogP contribution in [0.5, 0.6) is 0 Å². The Labute approximate surface area is 227 Å². The van der Waals surface area contributed by atoms with Crippen molar-refractivity contribution in [1.82, 2.24) is 4.98 Å². The highest BCUT2D eigenvalue weighted by atomic mass is 28.4. The van der Waals surface area contributed by atoms with Gasteiger partial charge in [0.25, 0.3) is 0 Å². The first-order valence-electron chi connectivity index (χ1n) is 12.7. The van der Waals surface area contributed by atoms with Crippen LogP contribution >= 0.6 is 0 Å². The lowest BCUT2D eigenvalue weighted by atomic mass is 10.3. The third-order valence-electron chi connectivity index (χ3n) is 5.12. The van der Waals surface area contributed by atoms with Gasteiger partial charge in [-0.2, -0.15) is 0 Å². The Morgan fingerprint density at radius 2 is 1.24 bits per heavy atom. The molecule has 0 N–H and O–H groups in total. The summed E-state index contributed by atoms with van der Waals surface area (Å²) in [4.78, 5) is 16.4. The molecule has 0 aromatic carbocycles. The van der Waals surface area contributed by atoms with Crippen LogP contribution in [0.1, 0.15) is 53.7 Å². The van der Waals surface area contributed by atoms with Crippen molar-refractivity contribution in [3.8, 4) is 0 Å². The minimum Gasteiger partial charge on any atom is -0.465 e. The molecule has 220 valence electrons. The van der Waals surface area contributed by atoms with E-state index in [0.717, 1.165) is 0 Å². The minimum atomic E-state index is -3.61. The predicted octanol–water partition coefficient (Wildman–Crippen LogP) is 3.61. The zero-order valence-electron chi connectivity index (χ0n) is 24.0. The Bertz CT molecular complexity index is 710. The van der Waals surface area contributed by atoms with Crippen molar-refractivity contribution in [2.75, 3.05) is 27.9 Å². The van der Waals surface area contributed by atoms with Gasteiger partial charge in [-0.25, -0.2) is 0 Å². The Balaban J connectivity index is 3.01. The van der Waals surface area contributed by atoms with Crippen LogP contribution in [0.15, 0.2) is 24.4 Å². The summed E-state index contributed by atoms with van der Waals surface area (Å²) in [6, 6.07) is 5.63. The molecule has 13 heteroatoms. The number of esters is 1. The van der Waals surface area contributed by atoms with Crippen LogP contribution in [0.4, 0.5) is 0 Å². The summed E-state index contributed by atoms with van der Waals surface area (Å²) in [7, 11) is 0.964. The lowest BCUT2D eigenvalue weighted by Crippen LogP contribution is -2.53. The fourth-order valence-corrected chi connectivity index (χ4v) is 6.04. The number of rotatable bonds is 21. The maximum absolute atomic E-state index is 12.3. The van der Waals surface area contributed by atoms with Crippen LogP contribution in [-0.2, 0) is 57.7 Å². The Morgan fingerprint density at radius 1 is 0.763 bits per heavy atom. The number of pyridine rings is 1. The molecule has 0 saturated heterocycles. The first-order valence-corrected chi connectivity index (χ1v) is 14.6. The van der Waals surface area contributed by atoms with Crippen LogP contribution < -0.4 is 0 Å². The molecule has 6 atom stereocenters. The smallest absolute Gasteiger partial charge is 0.465 e. The Morgan fingerprint density at radius 3 is 1.63 bits per heavy atom. The van der Waals surface area contributed by atoms with E-state index in [4.69, 9.17) is 46.4 Å². The van der Waals surface area contributed by atoms with Crippen molar-refractivity contribution in [2.24, 2.45) is 0 Å². The van der Waals surface area contributed by atoms with Gasteiger partial charge in [0.2, 0.25) is 0 Å². The van der Waals surface area contributed by atoms with Gasteiger partial charge in [0.1, 0.15) is 0 Å². The molecule has 12 nitrogen and oxygen atoms in total. The summed E-state index contributed by atoms with van der Waals surface area (Å²) in [5.74, 6) is -0.388. The molecule has 38 heavy (non-hydrogen) atoms. The Kier molecular flexibility index (Phi) is 17.0. The van der Waals surface area contributed by atoms with E-state index in [-0.39, 0.29) is 25.0 Å². The molecule has 1 heterocycles. The number of nitrogens with zero attached hydrogens (tertiary/aromatic N) is 1. The fourth-order valence-electron chi connectivity index (χ4n) is 3.25. The maximum atomic E-state index is 12.3. The van der Waals surface area contributed by atoms with Crippen LogP contribution in [-0.4, -0.2) is 85.4 Å². The van der Waals surface area contributed by atoms with Gasteiger partial charge in [-0.1, -0.05) is 6.07 Å². The Hall–Kier alpha value is -1.52. The predicted molar refractivity (Wildman–Crippen MR) is 138 cm³/mol. The standard InChI is InChI=1S/C25H45NO11Si/c1-18(28-7)32-21(4)35-38(36-22(5)33-19(2)29-8,37-23(6)34-20(3)30-9)16-12-15-31-25(27)17-24-13-10-11-14-26-24/h10-11,13-14,18-23H,12,15-17H2,1-9H3. The molecule has 1 rings (SSSR count). The van der Waals surface area contributed by atoms with Gasteiger partial charge in [-0.15, -0.1) is 0 Å². The van der Waals surface area contributed by atoms with Gasteiger partial charge in [0.15, 0.2) is 37.7 Å². The molecule has 6 unspecified atom stereocenters. The summed E-state index contributed by atoms with van der Waals surface area (Å²) in [5, 5.41) is 0. The molecular weight excluding hydrogens is 518 g/mol. The summed E-state index contributed by atoms with van der Waals surface area (Å²) < 4.78 is 57.1. The normalized spacial score (nSPS) is 18.1. The monoisotopic (exact) mass is 563 g/mol. The number of ether oxygens (including phenoxy) is 7. The zero-order valence-corrected chi connectivity index (χ0v) is 25.0. The van der Waals surface area contributed by atoms with Crippen molar-refractivity contribution in [2.45, 2.75) is 98.2 Å². The average molecular weight is 564 g/mol. The van der Waals surface area contributed by atoms with Gasteiger partial charge in [0.05, 0.1) is 18.7 Å². The zero-order chi connectivity index (χ0) is 28.6. The maximum Gasteiger partial charge on any atom is 0.506 e. The topological polar surface area (TPSA) is 122 Å². The summed E-state index contributed by atoms with van der Waals surface area (Å²) in [6.07, 6.45) is -1.80. The van der Waals surface area contributed by atoms with Crippen LogP contribution in [0.2, 0.25) is 6.04 Å². The summed E-state index contributed by atoms with van der Waals surface area (Å²) in [5.41, 5.74) is 0.630. The number of methoxy groups -OCH3 is 3. The van der Waals surface area contributed by atoms with Gasteiger partial charge in [-0.05, 0) is 60.1 Å². The van der Waals surface area contributed by atoms with Crippen molar-refractivity contribution in [3.05, 3.63) is 30.1 Å². The molecule has 0 spiro atoms. The molecular formula is C25H45NO11Si. The van der Waals surface area contributed by atoms with E-state index in [2.05, 4.69) is 4.98 Å². The van der Waals surface area contributed by atoms with Crippen LogP contribution in [0.3, 0.4) is 0 Å². The van der Waals surface area contributed by atoms with Crippen molar-refractivity contribution >= 4 is 14.8 Å². The summed E-state index contributed by atoms with van der Waals surface area (Å²) in [6.45, 7) is 10.5. The van der Waals surface area contributed by atoms with Gasteiger partial charge < -0.3 is 46.4 Å². The third kappa shape index (κ3) is 14.6. The second kappa shape index (κ2) is 18.7. The van der Waals surface area contributed by atoms with Crippen LogP contribution in [0.25, 0.3) is 0 Å². The molecule has 0 bridgehead atoms. The first kappa shape index (κ1) is 34.5. The minimum absolute atomic E-state index is 0.0756. The first-order chi connectivity index (χ1) is 18.0. The van der Waals surface area contributed by atoms with E-state index < -0.39 is 46.5 Å². The van der Waals surface area contributed by atoms with E-state index in [1.165, 1.54) is 21.3 Å². The molecule has 1 aromatic rings. The van der Waals surface area contributed by atoms with E-state index in [1.807, 2.05) is 6.07 Å². The van der Waals surface area contributed by atoms with Crippen molar-refractivity contribution < 1.29 is 51.2 Å². The molecule has 0 aliphatic carbocycles. The number of aromatic nitrogens is 1. The van der Waals surface area contributed by atoms with E-state index >= 15 is 0 Å². The quantitative estimate of drug-likeness (QED) is 0.0939. The number of hydrogen-bond donors (Lipinski definition) is 0. The number of hydrogen-bond acceptors (Lipinski definition) is 12. The molecule has 1 aromatic heterocycles. The fraction of sp³-hybridized carbons (Fsp3) is 0.760. The second-order valence-electron chi connectivity index (χ2n) is 8.38. The SMILES string of the molecule is COC(C)OC(C)O[Si](CCCOC(=O)Cc1ccccn1)(OC(C)OC(C)OC)OC(C)OC(C)OC. The number of carbonyl (C=O) groups is 1. The molecule has 0 aliphatic rings. The van der Waals surface area contributed by atoms with Gasteiger partial charge in [-0.3, -0.25) is 9.78 Å². The molecule has 0 aliphatic heterocycles. The number of carbonyl (C=O) groups excluding carboxylic acids is 1. The third-order valence-corrected chi connectivity index (χ3v) is 8.16. The molecule has 0 amide bonds. The van der Waals surface area contributed by atoms with Gasteiger partial charge in [0, 0.05) is 33.6 Å². The lowest BCUT2D eigenvalue weighted by molar-refractivity contribution is -0.252. The average Bonchev–Trinajstić information content (AvgIpc) is 2.86. The highest BCUT2D eigenvalue weighted by Crippen LogP contribution is 2.26. The van der Waals surface area contributed by atoms with E-state index in [1.54, 1.807) is 59.9 Å². The van der Waals surface area contributed by atoms with Crippen LogP contribution in [0, 0.1) is 0 Å². The molecule has 0 saturated carbocycles.